The minimum absolute atomic E-state index is 0.365. The smallest absolute Gasteiger partial charge is 0.146 e. The Morgan fingerprint density at radius 1 is 2.00 bits per heavy atom. The van der Waals surface area contributed by atoms with E-state index in [-0.39, 0.29) is 0 Å². The summed E-state index contributed by atoms with van der Waals surface area (Å²) >= 11 is 0. The van der Waals surface area contributed by atoms with Crippen LogP contribution in [0.4, 0.5) is 0 Å². The van der Waals surface area contributed by atoms with Crippen LogP contribution in [-0.4, -0.2) is 6.29 Å². The van der Waals surface area contributed by atoms with E-state index in [1.807, 2.05) is 0 Å². The van der Waals surface area contributed by atoms with Crippen LogP contribution in [0.2, 0.25) is 0 Å². The summed E-state index contributed by atoms with van der Waals surface area (Å²) in [6.07, 6.45) is 5.87. The Bertz CT molecular complexity index is 117. The molecule has 0 radical (unpaired) electrons. The van der Waals surface area contributed by atoms with Crippen LogP contribution in [0.3, 0.4) is 0 Å². The third-order valence-electron chi connectivity index (χ3n) is 0.496. The van der Waals surface area contributed by atoms with E-state index in [2.05, 4.69) is 12.5 Å². The zero-order valence-electron chi connectivity index (χ0n) is 3.98. The van der Waals surface area contributed by atoms with Crippen LogP contribution >= 0.6 is 0 Å². The van der Waals surface area contributed by atoms with E-state index < -0.39 is 0 Å². The monoisotopic (exact) mass is 94.0 g/mol. The van der Waals surface area contributed by atoms with Gasteiger partial charge in [0.05, 0.1) is 0 Å². The molecule has 0 heterocycles. The van der Waals surface area contributed by atoms with Gasteiger partial charge in [0, 0.05) is 6.42 Å². The maximum absolute atomic E-state index is 9.70. The fourth-order valence-corrected chi connectivity index (χ4v) is 0.173. The number of terminal acetylenes is 1. The van der Waals surface area contributed by atoms with Crippen molar-refractivity contribution >= 4 is 6.29 Å². The van der Waals surface area contributed by atoms with Gasteiger partial charge in [0.25, 0.3) is 0 Å². The fourth-order valence-electron chi connectivity index (χ4n) is 0.173. The molecule has 0 N–H and O–H groups in total. The molecule has 0 aliphatic rings. The topological polar surface area (TPSA) is 17.1 Å². The first-order valence-corrected chi connectivity index (χ1v) is 1.87. The van der Waals surface area contributed by atoms with Crippen LogP contribution in [-0.2, 0) is 4.79 Å². The highest BCUT2D eigenvalue weighted by atomic mass is 16.1. The molecule has 0 unspecified atom stereocenters. The van der Waals surface area contributed by atoms with E-state index >= 15 is 0 Å². The summed E-state index contributed by atoms with van der Waals surface area (Å²) in [7, 11) is 0. The van der Waals surface area contributed by atoms with Crippen LogP contribution in [0.25, 0.3) is 0 Å². The number of hydrogen-bond donors (Lipinski definition) is 0. The van der Waals surface area contributed by atoms with Crippen molar-refractivity contribution in [1.29, 1.82) is 0 Å². The number of carbonyl (C=O) groups is 1. The van der Waals surface area contributed by atoms with Gasteiger partial charge in [0.2, 0.25) is 0 Å². The Labute approximate surface area is 43.0 Å². The predicted octanol–water partition coefficient (Wildman–Crippen LogP) is 0.765. The second-order valence-corrected chi connectivity index (χ2v) is 1.16. The average Bonchev–Trinajstić information content (AvgIpc) is 1.68. The second-order valence-electron chi connectivity index (χ2n) is 1.16. The Morgan fingerprint density at radius 2 is 2.57 bits per heavy atom. The van der Waals surface area contributed by atoms with E-state index in [1.165, 1.54) is 0 Å². The summed E-state index contributed by atoms with van der Waals surface area (Å²) in [5.41, 5.74) is 0.461. The Kier molecular flexibility index (Phi) is 2.70. The molecule has 0 aliphatic carbocycles. The van der Waals surface area contributed by atoms with Gasteiger partial charge in [-0.1, -0.05) is 6.58 Å². The van der Waals surface area contributed by atoms with Crippen LogP contribution in [0.5, 0.6) is 0 Å². The first kappa shape index (κ1) is 5.97. The first-order valence-electron chi connectivity index (χ1n) is 1.87. The number of allylic oxidation sites excluding steroid dienone is 1. The van der Waals surface area contributed by atoms with E-state index in [0.717, 1.165) is 0 Å². The maximum atomic E-state index is 9.70. The SMILES string of the molecule is C#CCC(=C)C=O. The van der Waals surface area contributed by atoms with Gasteiger partial charge < -0.3 is 0 Å². The molecule has 1 heteroatoms. The van der Waals surface area contributed by atoms with Gasteiger partial charge in [-0.2, -0.15) is 0 Å². The summed E-state index contributed by atoms with van der Waals surface area (Å²) in [6.45, 7) is 3.35. The van der Waals surface area contributed by atoms with Crippen LogP contribution < -0.4 is 0 Å². The molecule has 0 rings (SSSR count). The standard InChI is InChI=1S/C6H6O/c1-3-4-6(2)5-7/h1,5H,2,4H2. The highest BCUT2D eigenvalue weighted by Gasteiger charge is 1.81. The highest BCUT2D eigenvalue weighted by Crippen LogP contribution is 1.87. The number of carbonyl (C=O) groups excluding carboxylic acids is 1. The van der Waals surface area contributed by atoms with Crippen molar-refractivity contribution in [3.63, 3.8) is 0 Å². The lowest BCUT2D eigenvalue weighted by molar-refractivity contribution is -0.104. The number of rotatable bonds is 2. The van der Waals surface area contributed by atoms with Crippen molar-refractivity contribution < 1.29 is 4.79 Å². The summed E-state index contributed by atoms with van der Waals surface area (Å²) in [5.74, 6) is 2.29. The Hall–Kier alpha value is -1.03. The summed E-state index contributed by atoms with van der Waals surface area (Å²) < 4.78 is 0. The molecule has 36 valence electrons. The molecule has 0 aromatic heterocycles. The van der Waals surface area contributed by atoms with Crippen molar-refractivity contribution in [2.24, 2.45) is 0 Å². The molecule has 0 aromatic carbocycles. The maximum Gasteiger partial charge on any atom is 0.146 e. The van der Waals surface area contributed by atoms with Crippen LogP contribution in [0.1, 0.15) is 6.42 Å². The molecule has 0 saturated carbocycles. The van der Waals surface area contributed by atoms with Gasteiger partial charge in [0.1, 0.15) is 6.29 Å². The molecule has 0 fully saturated rings. The van der Waals surface area contributed by atoms with Crippen molar-refractivity contribution in [3.8, 4) is 12.3 Å². The fraction of sp³-hybridized carbons (Fsp3) is 0.167. The molecular formula is C6H6O. The van der Waals surface area contributed by atoms with Crippen LogP contribution in [0, 0.1) is 12.3 Å². The number of aldehydes is 1. The lowest BCUT2D eigenvalue weighted by atomic mass is 10.2. The quantitative estimate of drug-likeness (QED) is 0.280. The normalized spacial score (nSPS) is 6.71. The third-order valence-corrected chi connectivity index (χ3v) is 0.496. The molecule has 0 saturated heterocycles. The Balaban J connectivity index is 3.42. The minimum Gasteiger partial charge on any atom is -0.298 e. The van der Waals surface area contributed by atoms with Crippen molar-refractivity contribution in [3.05, 3.63) is 12.2 Å². The van der Waals surface area contributed by atoms with Crippen LogP contribution in [0.15, 0.2) is 12.2 Å². The van der Waals surface area contributed by atoms with Gasteiger partial charge >= 0.3 is 0 Å². The predicted molar refractivity (Wildman–Crippen MR) is 28.7 cm³/mol. The van der Waals surface area contributed by atoms with Gasteiger partial charge in [-0.25, -0.2) is 0 Å². The lowest BCUT2D eigenvalue weighted by Crippen LogP contribution is -1.76. The van der Waals surface area contributed by atoms with Gasteiger partial charge in [-0.05, 0) is 5.57 Å². The molecule has 0 aromatic rings. The summed E-state index contributed by atoms with van der Waals surface area (Å²) in [6, 6.07) is 0. The second kappa shape index (κ2) is 3.17. The summed E-state index contributed by atoms with van der Waals surface area (Å²) in [4.78, 5) is 9.70. The molecule has 7 heavy (non-hydrogen) atoms. The van der Waals surface area contributed by atoms with Gasteiger partial charge in [0.15, 0.2) is 0 Å². The molecular weight excluding hydrogens is 88.1 g/mol. The zero-order valence-corrected chi connectivity index (χ0v) is 3.98. The van der Waals surface area contributed by atoms with Gasteiger partial charge in [-0.15, -0.1) is 12.3 Å². The largest absolute Gasteiger partial charge is 0.298 e. The van der Waals surface area contributed by atoms with E-state index in [1.54, 1.807) is 0 Å². The van der Waals surface area contributed by atoms with E-state index in [9.17, 15) is 4.79 Å². The molecule has 0 spiro atoms. The van der Waals surface area contributed by atoms with Crippen molar-refractivity contribution in [2.45, 2.75) is 6.42 Å². The van der Waals surface area contributed by atoms with Crippen molar-refractivity contribution in [2.75, 3.05) is 0 Å². The molecule has 0 atom stereocenters. The van der Waals surface area contributed by atoms with Crippen molar-refractivity contribution in [1.82, 2.24) is 0 Å². The first-order chi connectivity index (χ1) is 3.31. The van der Waals surface area contributed by atoms with E-state index in [0.29, 0.717) is 18.3 Å². The minimum atomic E-state index is 0.365. The number of hydrogen-bond acceptors (Lipinski definition) is 1. The molecule has 0 aliphatic heterocycles. The average molecular weight is 94.1 g/mol. The zero-order chi connectivity index (χ0) is 5.70. The lowest BCUT2D eigenvalue weighted by Gasteiger charge is -1.79. The molecule has 0 amide bonds. The summed E-state index contributed by atoms with van der Waals surface area (Å²) in [5, 5.41) is 0. The molecule has 1 nitrogen and oxygen atoms in total. The van der Waals surface area contributed by atoms with Gasteiger partial charge in [-0.3, -0.25) is 4.79 Å². The third kappa shape index (κ3) is 2.78. The highest BCUT2D eigenvalue weighted by molar-refractivity contribution is 5.72. The Morgan fingerprint density at radius 3 is 2.71 bits per heavy atom. The van der Waals surface area contributed by atoms with E-state index in [4.69, 9.17) is 6.42 Å². The molecule has 0 bridgehead atoms.